The third kappa shape index (κ3) is 4.26. The zero-order chi connectivity index (χ0) is 13.1. The molecule has 1 heterocycles. The van der Waals surface area contributed by atoms with E-state index in [9.17, 15) is 5.11 Å². The molecule has 3 rings (SSSR count). The highest BCUT2D eigenvalue weighted by molar-refractivity contribution is 5.85. The maximum atomic E-state index is 10.2. The van der Waals surface area contributed by atoms with Gasteiger partial charge in [-0.15, -0.1) is 24.8 Å². The Bertz CT molecular complexity index is 418. The van der Waals surface area contributed by atoms with E-state index in [0.717, 1.165) is 31.7 Å². The van der Waals surface area contributed by atoms with Crippen molar-refractivity contribution in [3.63, 3.8) is 0 Å². The minimum atomic E-state index is 0. The molecule has 1 saturated carbocycles. The lowest BCUT2D eigenvalue weighted by molar-refractivity contribution is 0.123. The van der Waals surface area contributed by atoms with E-state index in [-0.39, 0.29) is 24.8 Å². The van der Waals surface area contributed by atoms with Crippen molar-refractivity contribution >= 4 is 24.8 Å². The summed E-state index contributed by atoms with van der Waals surface area (Å²) < 4.78 is 0. The Balaban J connectivity index is 0.00000110. The summed E-state index contributed by atoms with van der Waals surface area (Å²) >= 11 is 0. The van der Waals surface area contributed by atoms with Crippen molar-refractivity contribution < 1.29 is 5.11 Å². The van der Waals surface area contributed by atoms with E-state index in [1.165, 1.54) is 25.7 Å². The normalized spacial score (nSPS) is 21.3. The molecule has 0 spiro atoms. The predicted molar refractivity (Wildman–Crippen MR) is 91.7 cm³/mol. The molecule has 1 aliphatic heterocycles. The van der Waals surface area contributed by atoms with Gasteiger partial charge in [-0.2, -0.15) is 0 Å². The molecule has 120 valence electrons. The lowest BCUT2D eigenvalue weighted by Gasteiger charge is -2.38. The summed E-state index contributed by atoms with van der Waals surface area (Å²) in [5.41, 5.74) is 1.14. The van der Waals surface area contributed by atoms with Gasteiger partial charge in [-0.1, -0.05) is 31.0 Å². The van der Waals surface area contributed by atoms with Crippen molar-refractivity contribution in [2.75, 3.05) is 26.2 Å². The molecular weight excluding hydrogens is 307 g/mol. The van der Waals surface area contributed by atoms with Crippen LogP contribution in [0.1, 0.15) is 37.3 Å². The minimum Gasteiger partial charge on any atom is -0.508 e. The number of rotatable bonds is 3. The van der Waals surface area contributed by atoms with Gasteiger partial charge in [-0.3, -0.25) is 4.90 Å². The van der Waals surface area contributed by atoms with Crippen LogP contribution in [0.2, 0.25) is 0 Å². The number of nitrogens with zero attached hydrogens (tertiary/aromatic N) is 1. The van der Waals surface area contributed by atoms with Gasteiger partial charge in [0.2, 0.25) is 0 Å². The number of phenols is 1. The Kier molecular flexibility index (Phi) is 7.82. The van der Waals surface area contributed by atoms with Crippen LogP contribution in [0.4, 0.5) is 0 Å². The predicted octanol–water partition coefficient (Wildman–Crippen LogP) is 3.37. The number of halogens is 2. The minimum absolute atomic E-state index is 0. The van der Waals surface area contributed by atoms with E-state index in [0.29, 0.717) is 17.7 Å². The zero-order valence-electron chi connectivity index (χ0n) is 12.3. The number of hydrogen-bond donors (Lipinski definition) is 2. The summed E-state index contributed by atoms with van der Waals surface area (Å²) in [5.74, 6) is 1.18. The molecule has 21 heavy (non-hydrogen) atoms. The van der Waals surface area contributed by atoms with Gasteiger partial charge in [0.1, 0.15) is 5.75 Å². The first-order chi connectivity index (χ1) is 9.36. The first kappa shape index (κ1) is 18.6. The van der Waals surface area contributed by atoms with Crippen LogP contribution in [0.5, 0.6) is 5.75 Å². The first-order valence-electron chi connectivity index (χ1n) is 7.59. The molecule has 0 unspecified atom stereocenters. The fourth-order valence-corrected chi connectivity index (χ4v) is 3.72. The van der Waals surface area contributed by atoms with E-state index in [2.05, 4.69) is 22.3 Å². The van der Waals surface area contributed by atoms with Crippen LogP contribution in [-0.4, -0.2) is 36.2 Å². The van der Waals surface area contributed by atoms with Gasteiger partial charge < -0.3 is 10.4 Å². The van der Waals surface area contributed by atoms with Crippen LogP contribution >= 0.6 is 24.8 Å². The van der Waals surface area contributed by atoms with E-state index >= 15 is 0 Å². The molecule has 2 aliphatic rings. The Morgan fingerprint density at radius 3 is 2.29 bits per heavy atom. The van der Waals surface area contributed by atoms with E-state index in [1.54, 1.807) is 0 Å². The van der Waals surface area contributed by atoms with Crippen molar-refractivity contribution in [1.29, 1.82) is 0 Å². The second-order valence-corrected chi connectivity index (χ2v) is 5.83. The average Bonchev–Trinajstić information content (AvgIpc) is 2.96. The SMILES string of the molecule is Cl.Cl.Oc1ccccc1[C@H](C1CCCC1)N1CCNCC1. The standard InChI is InChI=1S/C16H24N2O.2ClH/c19-15-8-4-3-7-14(15)16(13-5-1-2-6-13)18-11-9-17-10-12-18;;/h3-4,7-8,13,16-17,19H,1-2,5-6,9-12H2;2*1H/t16-;;/m0../s1. The lowest BCUT2D eigenvalue weighted by atomic mass is 9.89. The van der Waals surface area contributed by atoms with E-state index in [4.69, 9.17) is 0 Å². The monoisotopic (exact) mass is 332 g/mol. The number of phenolic OH excluding ortho intramolecular Hbond substituents is 1. The second kappa shape index (κ2) is 8.84. The number of benzene rings is 1. The quantitative estimate of drug-likeness (QED) is 0.890. The van der Waals surface area contributed by atoms with Crippen molar-refractivity contribution in [2.45, 2.75) is 31.7 Å². The molecule has 1 aliphatic carbocycles. The molecular formula is C16H26Cl2N2O. The molecule has 0 amide bonds. The fraction of sp³-hybridized carbons (Fsp3) is 0.625. The molecule has 3 nitrogen and oxygen atoms in total. The fourth-order valence-electron chi connectivity index (χ4n) is 3.72. The molecule has 5 heteroatoms. The zero-order valence-corrected chi connectivity index (χ0v) is 14.0. The lowest BCUT2D eigenvalue weighted by Crippen LogP contribution is -2.46. The number of aromatic hydroxyl groups is 1. The molecule has 2 N–H and O–H groups in total. The molecule has 0 aromatic heterocycles. The van der Waals surface area contributed by atoms with Gasteiger partial charge in [0.15, 0.2) is 0 Å². The second-order valence-electron chi connectivity index (χ2n) is 5.83. The van der Waals surface area contributed by atoms with E-state index in [1.807, 2.05) is 12.1 Å². The molecule has 1 atom stereocenters. The molecule has 1 aromatic carbocycles. The van der Waals surface area contributed by atoms with Gasteiger partial charge in [-0.05, 0) is 24.8 Å². The maximum absolute atomic E-state index is 10.2. The topological polar surface area (TPSA) is 35.5 Å². The number of para-hydroxylation sites is 1. The van der Waals surface area contributed by atoms with Gasteiger partial charge in [0.25, 0.3) is 0 Å². The van der Waals surface area contributed by atoms with Crippen molar-refractivity contribution in [3.05, 3.63) is 29.8 Å². The number of nitrogens with one attached hydrogen (secondary N) is 1. The highest BCUT2D eigenvalue weighted by Crippen LogP contribution is 2.42. The van der Waals surface area contributed by atoms with Crippen molar-refractivity contribution in [3.8, 4) is 5.75 Å². The Hall–Kier alpha value is -0.480. The molecule has 0 bridgehead atoms. The smallest absolute Gasteiger partial charge is 0.120 e. The number of piperazine rings is 1. The Morgan fingerprint density at radius 2 is 1.67 bits per heavy atom. The molecule has 1 aromatic rings. The third-order valence-corrected chi connectivity index (χ3v) is 4.65. The highest BCUT2D eigenvalue weighted by Gasteiger charge is 2.33. The summed E-state index contributed by atoms with van der Waals surface area (Å²) in [4.78, 5) is 2.57. The number of hydrogen-bond acceptors (Lipinski definition) is 3. The summed E-state index contributed by atoms with van der Waals surface area (Å²) in [6.07, 6.45) is 5.31. The van der Waals surface area contributed by atoms with Crippen molar-refractivity contribution in [1.82, 2.24) is 10.2 Å². The third-order valence-electron chi connectivity index (χ3n) is 4.65. The first-order valence-corrected chi connectivity index (χ1v) is 7.59. The van der Waals surface area contributed by atoms with Crippen LogP contribution in [0.3, 0.4) is 0 Å². The van der Waals surface area contributed by atoms with Crippen LogP contribution in [0, 0.1) is 5.92 Å². The summed E-state index contributed by atoms with van der Waals surface area (Å²) in [5, 5.41) is 13.7. The maximum Gasteiger partial charge on any atom is 0.120 e. The van der Waals surface area contributed by atoms with Crippen LogP contribution < -0.4 is 5.32 Å². The van der Waals surface area contributed by atoms with Gasteiger partial charge in [-0.25, -0.2) is 0 Å². The van der Waals surface area contributed by atoms with Gasteiger partial charge in [0, 0.05) is 37.8 Å². The van der Waals surface area contributed by atoms with Crippen LogP contribution in [0.15, 0.2) is 24.3 Å². The molecule has 1 saturated heterocycles. The van der Waals surface area contributed by atoms with Crippen molar-refractivity contribution in [2.24, 2.45) is 5.92 Å². The Morgan fingerprint density at radius 1 is 1.05 bits per heavy atom. The summed E-state index contributed by atoms with van der Waals surface area (Å²) in [6.45, 7) is 4.32. The largest absolute Gasteiger partial charge is 0.508 e. The highest BCUT2D eigenvalue weighted by atomic mass is 35.5. The Labute approximate surface area is 139 Å². The van der Waals surface area contributed by atoms with Crippen LogP contribution in [0.25, 0.3) is 0 Å². The van der Waals surface area contributed by atoms with E-state index < -0.39 is 0 Å². The van der Waals surface area contributed by atoms with Crippen LogP contribution in [-0.2, 0) is 0 Å². The molecule has 0 radical (unpaired) electrons. The van der Waals surface area contributed by atoms with Gasteiger partial charge in [0.05, 0.1) is 0 Å². The summed E-state index contributed by atoms with van der Waals surface area (Å²) in [7, 11) is 0. The van der Waals surface area contributed by atoms with Gasteiger partial charge >= 0.3 is 0 Å². The molecule has 2 fully saturated rings. The summed E-state index contributed by atoms with van der Waals surface area (Å²) in [6, 6.07) is 8.33. The average molecular weight is 333 g/mol.